The van der Waals surface area contributed by atoms with E-state index in [1.54, 1.807) is 16.8 Å². The molecule has 0 spiro atoms. The van der Waals surface area contributed by atoms with E-state index >= 15 is 0 Å². The standard InChI is InChI=1S/C12H17N5O3S2/c1-9(2)17-12(14-15-16-17)21-8-7-20-10-3-5-11(6-4-10)22(13,18)19/h3-6,9H,7-8H2,1-2H3,(H2,13,18,19). The van der Waals surface area contributed by atoms with Gasteiger partial charge in [0.05, 0.1) is 17.5 Å². The summed E-state index contributed by atoms with van der Waals surface area (Å²) in [6, 6.07) is 6.17. The SMILES string of the molecule is CC(C)n1nnnc1SCCOc1ccc(S(N)(=O)=O)cc1. The van der Waals surface area contributed by atoms with Crippen molar-refractivity contribution in [2.24, 2.45) is 5.14 Å². The number of benzene rings is 1. The lowest BCUT2D eigenvalue weighted by atomic mass is 10.3. The van der Waals surface area contributed by atoms with E-state index in [1.165, 1.54) is 23.9 Å². The predicted octanol–water partition coefficient (Wildman–Crippen LogP) is 1.07. The number of ether oxygens (including phenoxy) is 1. The summed E-state index contributed by atoms with van der Waals surface area (Å²) in [6.45, 7) is 4.46. The minimum atomic E-state index is -3.67. The van der Waals surface area contributed by atoms with E-state index in [9.17, 15) is 8.42 Å². The first kappa shape index (κ1) is 16.7. The average Bonchev–Trinajstić information content (AvgIpc) is 2.92. The molecule has 0 saturated heterocycles. The van der Waals surface area contributed by atoms with Crippen molar-refractivity contribution >= 4 is 21.8 Å². The van der Waals surface area contributed by atoms with Crippen molar-refractivity contribution in [2.45, 2.75) is 29.9 Å². The molecule has 0 atom stereocenters. The molecular formula is C12H17N5O3S2. The van der Waals surface area contributed by atoms with Crippen molar-refractivity contribution in [1.29, 1.82) is 0 Å². The van der Waals surface area contributed by atoms with Crippen molar-refractivity contribution in [3.05, 3.63) is 24.3 Å². The monoisotopic (exact) mass is 343 g/mol. The molecule has 0 saturated carbocycles. The third-order valence-corrected chi connectivity index (χ3v) is 4.51. The maximum Gasteiger partial charge on any atom is 0.238 e. The number of aromatic nitrogens is 4. The van der Waals surface area contributed by atoms with E-state index < -0.39 is 10.0 Å². The summed E-state index contributed by atoms with van der Waals surface area (Å²) in [5, 5.41) is 17.3. The second kappa shape index (κ2) is 7.07. The van der Waals surface area contributed by atoms with Crippen LogP contribution in [0.5, 0.6) is 5.75 Å². The van der Waals surface area contributed by atoms with Gasteiger partial charge in [-0.2, -0.15) is 0 Å². The van der Waals surface area contributed by atoms with E-state index in [0.717, 1.165) is 5.16 Å². The number of primary sulfonamides is 1. The zero-order chi connectivity index (χ0) is 16.2. The summed E-state index contributed by atoms with van der Waals surface area (Å²) in [5.41, 5.74) is 0. The minimum Gasteiger partial charge on any atom is -0.493 e. The van der Waals surface area contributed by atoms with Crippen molar-refractivity contribution in [3.63, 3.8) is 0 Å². The normalized spacial score (nSPS) is 11.8. The Morgan fingerprint density at radius 1 is 1.32 bits per heavy atom. The van der Waals surface area contributed by atoms with Gasteiger partial charge in [0, 0.05) is 5.75 Å². The van der Waals surface area contributed by atoms with Gasteiger partial charge < -0.3 is 4.74 Å². The van der Waals surface area contributed by atoms with Crippen molar-refractivity contribution in [3.8, 4) is 5.75 Å². The topological polar surface area (TPSA) is 113 Å². The molecule has 0 aliphatic rings. The highest BCUT2D eigenvalue weighted by molar-refractivity contribution is 7.99. The molecule has 0 aliphatic heterocycles. The van der Waals surface area contributed by atoms with Crippen LogP contribution in [0.3, 0.4) is 0 Å². The van der Waals surface area contributed by atoms with Crippen LogP contribution < -0.4 is 9.88 Å². The van der Waals surface area contributed by atoms with E-state index in [-0.39, 0.29) is 10.9 Å². The van der Waals surface area contributed by atoms with Crippen LogP contribution in [-0.4, -0.2) is 41.0 Å². The van der Waals surface area contributed by atoms with Gasteiger partial charge in [0.25, 0.3) is 0 Å². The molecule has 2 aromatic rings. The second-order valence-electron chi connectivity index (χ2n) is 4.71. The number of thioether (sulfide) groups is 1. The zero-order valence-corrected chi connectivity index (χ0v) is 13.8. The van der Waals surface area contributed by atoms with Crippen molar-refractivity contribution in [1.82, 2.24) is 20.2 Å². The Morgan fingerprint density at radius 2 is 2.00 bits per heavy atom. The third kappa shape index (κ3) is 4.42. The van der Waals surface area contributed by atoms with E-state index in [1.807, 2.05) is 13.8 Å². The van der Waals surface area contributed by atoms with Gasteiger partial charge in [0.1, 0.15) is 5.75 Å². The van der Waals surface area contributed by atoms with Gasteiger partial charge in [-0.3, -0.25) is 0 Å². The highest BCUT2D eigenvalue weighted by Crippen LogP contribution is 2.18. The molecule has 1 aromatic carbocycles. The van der Waals surface area contributed by atoms with Gasteiger partial charge in [-0.15, -0.1) is 5.10 Å². The number of nitrogens with two attached hydrogens (primary N) is 1. The lowest BCUT2D eigenvalue weighted by molar-refractivity contribution is 0.343. The maximum absolute atomic E-state index is 11.1. The Kier molecular flexibility index (Phi) is 5.37. The fourth-order valence-corrected chi connectivity index (χ4v) is 2.96. The van der Waals surface area contributed by atoms with Crippen LogP contribution in [0.4, 0.5) is 0 Å². The van der Waals surface area contributed by atoms with Gasteiger partial charge in [-0.1, -0.05) is 11.8 Å². The summed E-state index contributed by atoms with van der Waals surface area (Å²) >= 11 is 1.49. The highest BCUT2D eigenvalue weighted by atomic mass is 32.2. The third-order valence-electron chi connectivity index (χ3n) is 2.69. The molecule has 8 nitrogen and oxygen atoms in total. The molecule has 0 bridgehead atoms. The average molecular weight is 343 g/mol. The molecular weight excluding hydrogens is 326 g/mol. The smallest absolute Gasteiger partial charge is 0.238 e. The van der Waals surface area contributed by atoms with Crippen molar-refractivity contribution < 1.29 is 13.2 Å². The summed E-state index contributed by atoms with van der Waals surface area (Å²) in [5.74, 6) is 1.25. The number of rotatable bonds is 7. The molecule has 0 unspecified atom stereocenters. The predicted molar refractivity (Wildman–Crippen MR) is 82.2 cm³/mol. The first-order valence-electron chi connectivity index (χ1n) is 6.54. The summed E-state index contributed by atoms with van der Waals surface area (Å²) < 4.78 is 29.6. The summed E-state index contributed by atoms with van der Waals surface area (Å²) in [7, 11) is -3.67. The quantitative estimate of drug-likeness (QED) is 0.591. The molecule has 0 radical (unpaired) electrons. The molecule has 2 rings (SSSR count). The Bertz CT molecular complexity index is 713. The Labute approximate surface area is 133 Å². The summed E-state index contributed by atoms with van der Waals surface area (Å²) in [4.78, 5) is 0.0605. The minimum absolute atomic E-state index is 0.0605. The number of sulfonamides is 1. The van der Waals surface area contributed by atoms with Crippen LogP contribution in [0.1, 0.15) is 19.9 Å². The van der Waals surface area contributed by atoms with Gasteiger partial charge in [-0.05, 0) is 48.5 Å². The molecule has 2 N–H and O–H groups in total. The molecule has 22 heavy (non-hydrogen) atoms. The van der Waals surface area contributed by atoms with E-state index in [4.69, 9.17) is 9.88 Å². The van der Waals surface area contributed by atoms with Gasteiger partial charge >= 0.3 is 0 Å². The molecule has 10 heteroatoms. The lowest BCUT2D eigenvalue weighted by Crippen LogP contribution is -2.11. The van der Waals surface area contributed by atoms with Gasteiger partial charge in [-0.25, -0.2) is 18.2 Å². The van der Waals surface area contributed by atoms with Crippen LogP contribution >= 0.6 is 11.8 Å². The van der Waals surface area contributed by atoms with Crippen LogP contribution in [0, 0.1) is 0 Å². The van der Waals surface area contributed by atoms with Crippen LogP contribution in [0.25, 0.3) is 0 Å². The fourth-order valence-electron chi connectivity index (χ4n) is 1.62. The van der Waals surface area contributed by atoms with Crippen LogP contribution in [0.2, 0.25) is 0 Å². The molecule has 1 aromatic heterocycles. The Hall–Kier alpha value is -1.65. The number of hydrogen-bond acceptors (Lipinski definition) is 7. The van der Waals surface area contributed by atoms with Gasteiger partial charge in [0.15, 0.2) is 0 Å². The maximum atomic E-state index is 11.1. The number of tetrazole rings is 1. The van der Waals surface area contributed by atoms with Crippen LogP contribution in [0.15, 0.2) is 34.3 Å². The van der Waals surface area contributed by atoms with Gasteiger partial charge in [0.2, 0.25) is 15.2 Å². The zero-order valence-electron chi connectivity index (χ0n) is 12.2. The molecule has 0 fully saturated rings. The largest absolute Gasteiger partial charge is 0.493 e. The molecule has 0 aliphatic carbocycles. The second-order valence-corrected chi connectivity index (χ2v) is 7.34. The molecule has 1 heterocycles. The fraction of sp³-hybridized carbons (Fsp3) is 0.417. The molecule has 120 valence electrons. The first-order valence-corrected chi connectivity index (χ1v) is 9.07. The van der Waals surface area contributed by atoms with Crippen molar-refractivity contribution in [2.75, 3.05) is 12.4 Å². The highest BCUT2D eigenvalue weighted by Gasteiger charge is 2.10. The number of nitrogens with zero attached hydrogens (tertiary/aromatic N) is 4. The Morgan fingerprint density at radius 3 is 2.59 bits per heavy atom. The van der Waals surface area contributed by atoms with E-state index in [0.29, 0.717) is 18.1 Å². The van der Waals surface area contributed by atoms with E-state index in [2.05, 4.69) is 15.5 Å². The molecule has 0 amide bonds. The first-order chi connectivity index (χ1) is 10.4. The summed E-state index contributed by atoms with van der Waals surface area (Å²) in [6.07, 6.45) is 0. The lowest BCUT2D eigenvalue weighted by Gasteiger charge is -2.08. The Balaban J connectivity index is 1.83. The van der Waals surface area contributed by atoms with Crippen LogP contribution in [-0.2, 0) is 10.0 Å². The number of hydrogen-bond donors (Lipinski definition) is 1.